The minimum atomic E-state index is -0.144. The van der Waals surface area contributed by atoms with Gasteiger partial charge in [-0.2, -0.15) is 5.10 Å². The summed E-state index contributed by atoms with van der Waals surface area (Å²) in [6.45, 7) is 3.87. The highest BCUT2D eigenvalue weighted by atomic mass is 16.5. The maximum Gasteiger partial charge on any atom is 0.274 e. The molecule has 1 unspecified atom stereocenters. The maximum atomic E-state index is 12.6. The van der Waals surface area contributed by atoms with Gasteiger partial charge in [-0.3, -0.25) is 9.59 Å². The highest BCUT2D eigenvalue weighted by Gasteiger charge is 2.24. The van der Waals surface area contributed by atoms with E-state index in [1.165, 1.54) is 4.68 Å². The summed E-state index contributed by atoms with van der Waals surface area (Å²) in [5, 5.41) is 5.65. The lowest BCUT2D eigenvalue weighted by atomic mass is 10.1. The quantitative estimate of drug-likeness (QED) is 0.851. The third-order valence-corrected chi connectivity index (χ3v) is 4.30. The number of morpholine rings is 1. The van der Waals surface area contributed by atoms with Gasteiger partial charge in [0.2, 0.25) is 5.91 Å². The first-order valence-corrected chi connectivity index (χ1v) is 7.94. The fourth-order valence-corrected chi connectivity index (χ4v) is 2.95. The first kappa shape index (κ1) is 15.7. The van der Waals surface area contributed by atoms with Crippen LogP contribution in [0.3, 0.4) is 0 Å². The van der Waals surface area contributed by atoms with E-state index in [1.807, 2.05) is 23.1 Å². The second-order valence-corrected chi connectivity index (χ2v) is 5.84. The van der Waals surface area contributed by atoms with Crippen molar-refractivity contribution in [1.29, 1.82) is 0 Å². The molecule has 6 nitrogen and oxygen atoms in total. The van der Waals surface area contributed by atoms with Crippen LogP contribution in [0.2, 0.25) is 0 Å². The van der Waals surface area contributed by atoms with E-state index in [0.29, 0.717) is 30.8 Å². The van der Waals surface area contributed by atoms with E-state index in [4.69, 9.17) is 4.74 Å². The number of ether oxygens (including phenoxy) is 1. The van der Waals surface area contributed by atoms with Crippen molar-refractivity contribution in [3.8, 4) is 0 Å². The van der Waals surface area contributed by atoms with Crippen molar-refractivity contribution in [3.63, 3.8) is 0 Å². The van der Waals surface area contributed by atoms with E-state index in [-0.39, 0.29) is 24.0 Å². The Morgan fingerprint density at radius 2 is 2.09 bits per heavy atom. The molecule has 2 heterocycles. The van der Waals surface area contributed by atoms with Crippen molar-refractivity contribution in [2.24, 2.45) is 7.05 Å². The lowest BCUT2D eigenvalue weighted by molar-refractivity contribution is -0.138. The molecule has 0 saturated carbocycles. The van der Waals surface area contributed by atoms with Crippen LogP contribution in [-0.2, 0) is 23.0 Å². The standard InChI is InChI=1S/C17H21N3O3/c1-3-12-11-20(8-9-23-12)16(21)10-15-13-6-4-5-7-14(13)17(22)19(2)18-15/h4-7,12H,3,8-11H2,1-2H3. The molecule has 6 heteroatoms. The molecule has 1 aliphatic rings. The van der Waals surface area contributed by atoms with Gasteiger partial charge in [0.25, 0.3) is 5.56 Å². The second kappa shape index (κ2) is 6.50. The first-order chi connectivity index (χ1) is 11.1. The van der Waals surface area contributed by atoms with Crippen LogP contribution in [0.25, 0.3) is 10.8 Å². The van der Waals surface area contributed by atoms with Crippen LogP contribution in [-0.4, -0.2) is 46.4 Å². The SMILES string of the molecule is CCC1CN(C(=O)Cc2nn(C)c(=O)c3ccccc23)CCO1. The van der Waals surface area contributed by atoms with Gasteiger partial charge in [-0.15, -0.1) is 0 Å². The predicted octanol–water partition coefficient (Wildman–Crippen LogP) is 1.11. The molecule has 1 amide bonds. The summed E-state index contributed by atoms with van der Waals surface area (Å²) in [4.78, 5) is 26.6. The van der Waals surface area contributed by atoms with Crippen molar-refractivity contribution in [1.82, 2.24) is 14.7 Å². The van der Waals surface area contributed by atoms with Gasteiger partial charge in [0, 0.05) is 25.5 Å². The van der Waals surface area contributed by atoms with Crippen LogP contribution in [0, 0.1) is 0 Å². The number of hydrogen-bond acceptors (Lipinski definition) is 4. The molecular weight excluding hydrogens is 294 g/mol. The van der Waals surface area contributed by atoms with E-state index in [2.05, 4.69) is 12.0 Å². The van der Waals surface area contributed by atoms with Gasteiger partial charge < -0.3 is 9.64 Å². The van der Waals surface area contributed by atoms with Crippen molar-refractivity contribution in [2.45, 2.75) is 25.9 Å². The monoisotopic (exact) mass is 315 g/mol. The molecule has 0 bridgehead atoms. The molecule has 1 atom stereocenters. The average Bonchev–Trinajstić information content (AvgIpc) is 2.59. The molecule has 3 rings (SSSR count). The molecule has 1 aromatic heterocycles. The number of amides is 1. The summed E-state index contributed by atoms with van der Waals surface area (Å²) >= 11 is 0. The van der Waals surface area contributed by atoms with Gasteiger partial charge in [-0.25, -0.2) is 4.68 Å². The van der Waals surface area contributed by atoms with E-state index in [0.717, 1.165) is 11.8 Å². The van der Waals surface area contributed by atoms with Crippen LogP contribution >= 0.6 is 0 Å². The van der Waals surface area contributed by atoms with Crippen LogP contribution in [0.15, 0.2) is 29.1 Å². The highest BCUT2D eigenvalue weighted by Crippen LogP contribution is 2.16. The minimum absolute atomic E-state index is 0.0306. The summed E-state index contributed by atoms with van der Waals surface area (Å²) in [6.07, 6.45) is 1.20. The van der Waals surface area contributed by atoms with E-state index in [1.54, 1.807) is 13.1 Å². The molecule has 0 aliphatic carbocycles. The van der Waals surface area contributed by atoms with Gasteiger partial charge in [-0.05, 0) is 12.5 Å². The fraction of sp³-hybridized carbons (Fsp3) is 0.471. The molecule has 0 radical (unpaired) electrons. The van der Waals surface area contributed by atoms with Gasteiger partial charge in [0.1, 0.15) is 0 Å². The van der Waals surface area contributed by atoms with Crippen molar-refractivity contribution in [3.05, 3.63) is 40.3 Å². The summed E-state index contributed by atoms with van der Waals surface area (Å²) in [5.41, 5.74) is 0.501. The van der Waals surface area contributed by atoms with Gasteiger partial charge in [-0.1, -0.05) is 25.1 Å². The normalized spacial score (nSPS) is 18.3. The first-order valence-electron chi connectivity index (χ1n) is 7.94. The summed E-state index contributed by atoms with van der Waals surface area (Å²) in [7, 11) is 1.62. The zero-order chi connectivity index (χ0) is 16.4. The molecular formula is C17H21N3O3. The molecule has 0 spiro atoms. The number of hydrogen-bond donors (Lipinski definition) is 0. The van der Waals surface area contributed by atoms with Crippen LogP contribution < -0.4 is 5.56 Å². The molecule has 23 heavy (non-hydrogen) atoms. The number of aryl methyl sites for hydroxylation is 1. The van der Waals surface area contributed by atoms with E-state index < -0.39 is 0 Å². The summed E-state index contributed by atoms with van der Waals surface area (Å²) < 4.78 is 6.91. The Labute approximate surface area is 134 Å². The third kappa shape index (κ3) is 3.12. The highest BCUT2D eigenvalue weighted by molar-refractivity contribution is 5.88. The molecule has 1 saturated heterocycles. The van der Waals surface area contributed by atoms with Gasteiger partial charge >= 0.3 is 0 Å². The van der Waals surface area contributed by atoms with Crippen LogP contribution in [0.4, 0.5) is 0 Å². The lowest BCUT2D eigenvalue weighted by Gasteiger charge is -2.32. The van der Waals surface area contributed by atoms with E-state index >= 15 is 0 Å². The lowest BCUT2D eigenvalue weighted by Crippen LogP contribution is -2.46. The molecule has 1 aromatic carbocycles. The smallest absolute Gasteiger partial charge is 0.274 e. The van der Waals surface area contributed by atoms with Crippen molar-refractivity contribution < 1.29 is 9.53 Å². The number of fused-ring (bicyclic) bond motifs is 1. The van der Waals surface area contributed by atoms with Crippen molar-refractivity contribution in [2.75, 3.05) is 19.7 Å². The Kier molecular flexibility index (Phi) is 4.43. The molecule has 122 valence electrons. The number of benzene rings is 1. The molecule has 0 N–H and O–H groups in total. The van der Waals surface area contributed by atoms with Gasteiger partial charge in [0.15, 0.2) is 0 Å². The van der Waals surface area contributed by atoms with Crippen LogP contribution in [0.5, 0.6) is 0 Å². The minimum Gasteiger partial charge on any atom is -0.375 e. The third-order valence-electron chi connectivity index (χ3n) is 4.30. The molecule has 1 fully saturated rings. The second-order valence-electron chi connectivity index (χ2n) is 5.84. The predicted molar refractivity (Wildman–Crippen MR) is 87.3 cm³/mol. The number of carbonyl (C=O) groups is 1. The number of rotatable bonds is 3. The average molecular weight is 315 g/mol. The van der Waals surface area contributed by atoms with Crippen molar-refractivity contribution >= 4 is 16.7 Å². The zero-order valence-corrected chi connectivity index (χ0v) is 13.5. The topological polar surface area (TPSA) is 64.4 Å². The van der Waals surface area contributed by atoms with Crippen LogP contribution in [0.1, 0.15) is 19.0 Å². The summed E-state index contributed by atoms with van der Waals surface area (Å²) in [5.74, 6) is 0.0306. The summed E-state index contributed by atoms with van der Waals surface area (Å²) in [6, 6.07) is 7.30. The molecule has 2 aromatic rings. The Morgan fingerprint density at radius 1 is 1.35 bits per heavy atom. The zero-order valence-electron chi connectivity index (χ0n) is 13.5. The Bertz CT molecular complexity index is 784. The number of nitrogens with zero attached hydrogens (tertiary/aromatic N) is 3. The Morgan fingerprint density at radius 3 is 2.83 bits per heavy atom. The largest absolute Gasteiger partial charge is 0.375 e. The number of aromatic nitrogens is 2. The van der Waals surface area contributed by atoms with E-state index in [9.17, 15) is 9.59 Å². The fourth-order valence-electron chi connectivity index (χ4n) is 2.95. The Balaban J connectivity index is 1.88. The number of carbonyl (C=O) groups excluding carboxylic acids is 1. The van der Waals surface area contributed by atoms with Gasteiger partial charge in [0.05, 0.1) is 30.2 Å². The maximum absolute atomic E-state index is 12.6. The Hall–Kier alpha value is -2.21. The molecule has 1 aliphatic heterocycles.